The minimum Gasteiger partial charge on any atom is -0.493 e. The predicted molar refractivity (Wildman–Crippen MR) is 69.8 cm³/mol. The Balaban J connectivity index is 1.97. The van der Waals surface area contributed by atoms with E-state index in [2.05, 4.69) is 17.4 Å². The second kappa shape index (κ2) is 4.86. The smallest absolute Gasteiger partial charge is 0.122 e. The van der Waals surface area contributed by atoms with Gasteiger partial charge in [0.2, 0.25) is 0 Å². The summed E-state index contributed by atoms with van der Waals surface area (Å²) in [6.07, 6.45) is 4.57. The maximum atomic E-state index is 5.71. The SMILES string of the molecule is CNC(c1ccoc1)C1CCOc2ccccc21. The molecule has 2 unspecified atom stereocenters. The van der Waals surface area contributed by atoms with Gasteiger partial charge >= 0.3 is 0 Å². The van der Waals surface area contributed by atoms with Crippen LogP contribution in [0.25, 0.3) is 0 Å². The quantitative estimate of drug-likeness (QED) is 0.899. The summed E-state index contributed by atoms with van der Waals surface area (Å²) in [5.74, 6) is 1.44. The number of hydrogen-bond acceptors (Lipinski definition) is 3. The summed E-state index contributed by atoms with van der Waals surface area (Å²) >= 11 is 0. The fraction of sp³-hybridized carbons (Fsp3) is 0.333. The molecule has 3 heteroatoms. The summed E-state index contributed by atoms with van der Waals surface area (Å²) < 4.78 is 10.9. The Kier molecular flexibility index (Phi) is 3.07. The first kappa shape index (κ1) is 11.4. The Morgan fingerprint density at radius 2 is 2.17 bits per heavy atom. The van der Waals surface area contributed by atoms with E-state index in [1.165, 1.54) is 11.1 Å². The standard InChI is InChI=1S/C15H17NO2/c1-16-15(11-6-8-17-10-11)13-7-9-18-14-5-3-2-4-12(13)14/h2-6,8,10,13,15-16H,7,9H2,1H3. The Bertz CT molecular complexity index is 507. The summed E-state index contributed by atoms with van der Waals surface area (Å²) in [7, 11) is 2.00. The van der Waals surface area contributed by atoms with Crippen LogP contribution in [0.2, 0.25) is 0 Å². The van der Waals surface area contributed by atoms with Gasteiger partial charge in [0.1, 0.15) is 5.75 Å². The van der Waals surface area contributed by atoms with Crippen molar-refractivity contribution < 1.29 is 9.15 Å². The van der Waals surface area contributed by atoms with Crippen molar-refractivity contribution in [2.75, 3.05) is 13.7 Å². The lowest BCUT2D eigenvalue weighted by atomic mass is 9.84. The van der Waals surface area contributed by atoms with Crippen LogP contribution in [0.3, 0.4) is 0 Å². The zero-order chi connectivity index (χ0) is 12.4. The van der Waals surface area contributed by atoms with Gasteiger partial charge in [-0.1, -0.05) is 18.2 Å². The first-order valence-corrected chi connectivity index (χ1v) is 6.31. The molecule has 1 aromatic heterocycles. The topological polar surface area (TPSA) is 34.4 Å². The molecule has 0 bridgehead atoms. The van der Waals surface area contributed by atoms with E-state index in [1.54, 1.807) is 6.26 Å². The number of furan rings is 1. The Morgan fingerprint density at radius 3 is 2.94 bits per heavy atom. The van der Waals surface area contributed by atoms with Gasteiger partial charge in [-0.15, -0.1) is 0 Å². The van der Waals surface area contributed by atoms with E-state index < -0.39 is 0 Å². The van der Waals surface area contributed by atoms with Gasteiger partial charge in [-0.2, -0.15) is 0 Å². The summed E-state index contributed by atoms with van der Waals surface area (Å²) in [5, 5.41) is 3.40. The van der Waals surface area contributed by atoms with Crippen LogP contribution in [-0.4, -0.2) is 13.7 Å². The molecule has 2 heterocycles. The molecule has 3 nitrogen and oxygen atoms in total. The molecule has 94 valence electrons. The summed E-state index contributed by atoms with van der Waals surface area (Å²) in [6, 6.07) is 10.6. The van der Waals surface area contributed by atoms with Crippen molar-refractivity contribution in [3.05, 3.63) is 54.0 Å². The van der Waals surface area contributed by atoms with Crippen molar-refractivity contribution in [3.63, 3.8) is 0 Å². The number of ether oxygens (including phenoxy) is 1. The number of nitrogens with one attached hydrogen (secondary N) is 1. The molecular formula is C15H17NO2. The summed E-state index contributed by atoms with van der Waals surface area (Å²) in [4.78, 5) is 0. The number of fused-ring (bicyclic) bond motifs is 1. The monoisotopic (exact) mass is 243 g/mol. The van der Waals surface area contributed by atoms with Gasteiger partial charge in [-0.25, -0.2) is 0 Å². The third-order valence-corrected chi connectivity index (χ3v) is 3.62. The van der Waals surface area contributed by atoms with Gasteiger partial charge in [0, 0.05) is 17.5 Å². The van der Waals surface area contributed by atoms with Gasteiger partial charge < -0.3 is 14.5 Å². The van der Waals surface area contributed by atoms with Crippen molar-refractivity contribution in [2.24, 2.45) is 0 Å². The molecule has 1 N–H and O–H groups in total. The molecule has 0 saturated carbocycles. The van der Waals surface area contributed by atoms with Gasteiger partial charge in [0.25, 0.3) is 0 Å². The fourth-order valence-corrected chi connectivity index (χ4v) is 2.77. The van der Waals surface area contributed by atoms with E-state index in [4.69, 9.17) is 9.15 Å². The van der Waals surface area contributed by atoms with Gasteiger partial charge in [-0.3, -0.25) is 0 Å². The maximum absolute atomic E-state index is 5.71. The number of para-hydroxylation sites is 1. The normalized spacial score (nSPS) is 19.9. The van der Waals surface area contributed by atoms with Crippen LogP contribution in [-0.2, 0) is 0 Å². The molecule has 3 rings (SSSR count). The predicted octanol–water partition coefficient (Wildman–Crippen LogP) is 3.11. The van der Waals surface area contributed by atoms with E-state index in [9.17, 15) is 0 Å². The maximum Gasteiger partial charge on any atom is 0.122 e. The molecule has 0 saturated heterocycles. The van der Waals surface area contributed by atoms with Gasteiger partial charge in [-0.05, 0) is 31.2 Å². The largest absolute Gasteiger partial charge is 0.493 e. The molecular weight excluding hydrogens is 226 g/mol. The van der Waals surface area contributed by atoms with Crippen molar-refractivity contribution in [1.29, 1.82) is 0 Å². The molecule has 2 atom stereocenters. The molecule has 0 fully saturated rings. The first-order chi connectivity index (χ1) is 8.90. The van der Waals surface area contributed by atoms with Gasteiger partial charge in [0.05, 0.1) is 19.1 Å². The van der Waals surface area contributed by atoms with Crippen LogP contribution in [0, 0.1) is 0 Å². The minimum absolute atomic E-state index is 0.272. The third kappa shape index (κ3) is 1.91. The summed E-state index contributed by atoms with van der Waals surface area (Å²) in [5.41, 5.74) is 2.48. The van der Waals surface area contributed by atoms with Crippen LogP contribution in [0.15, 0.2) is 47.3 Å². The lowest BCUT2D eigenvalue weighted by Gasteiger charge is -2.31. The zero-order valence-electron chi connectivity index (χ0n) is 10.4. The molecule has 0 amide bonds. The molecule has 0 radical (unpaired) electrons. The average molecular weight is 243 g/mol. The van der Waals surface area contributed by atoms with E-state index in [-0.39, 0.29) is 6.04 Å². The molecule has 0 spiro atoms. The number of hydrogen-bond donors (Lipinski definition) is 1. The highest BCUT2D eigenvalue weighted by Gasteiger charge is 2.29. The number of benzene rings is 1. The molecule has 2 aromatic rings. The lowest BCUT2D eigenvalue weighted by Crippen LogP contribution is -2.27. The molecule has 18 heavy (non-hydrogen) atoms. The highest BCUT2D eigenvalue weighted by Crippen LogP contribution is 2.41. The first-order valence-electron chi connectivity index (χ1n) is 6.31. The Morgan fingerprint density at radius 1 is 1.28 bits per heavy atom. The highest BCUT2D eigenvalue weighted by atomic mass is 16.5. The van der Waals surface area contributed by atoms with Crippen LogP contribution in [0.4, 0.5) is 0 Å². The molecule has 0 aliphatic carbocycles. The Hall–Kier alpha value is -1.74. The van der Waals surface area contributed by atoms with Crippen LogP contribution < -0.4 is 10.1 Å². The molecule has 1 aromatic carbocycles. The van der Waals surface area contributed by atoms with E-state index in [0.717, 1.165) is 18.8 Å². The van der Waals surface area contributed by atoms with E-state index in [1.807, 2.05) is 31.5 Å². The highest BCUT2D eigenvalue weighted by molar-refractivity contribution is 5.40. The second-order valence-corrected chi connectivity index (χ2v) is 4.60. The van der Waals surface area contributed by atoms with Crippen molar-refractivity contribution in [3.8, 4) is 5.75 Å². The molecule has 1 aliphatic rings. The zero-order valence-corrected chi connectivity index (χ0v) is 10.4. The van der Waals surface area contributed by atoms with E-state index in [0.29, 0.717) is 5.92 Å². The number of rotatable bonds is 3. The fourth-order valence-electron chi connectivity index (χ4n) is 2.77. The van der Waals surface area contributed by atoms with Crippen LogP contribution in [0.1, 0.15) is 29.5 Å². The average Bonchev–Trinajstić information content (AvgIpc) is 2.94. The second-order valence-electron chi connectivity index (χ2n) is 4.60. The lowest BCUT2D eigenvalue weighted by molar-refractivity contribution is 0.248. The molecule has 1 aliphatic heterocycles. The summed E-state index contributed by atoms with van der Waals surface area (Å²) in [6.45, 7) is 0.776. The van der Waals surface area contributed by atoms with E-state index >= 15 is 0 Å². The van der Waals surface area contributed by atoms with Crippen molar-refractivity contribution in [1.82, 2.24) is 5.32 Å². The third-order valence-electron chi connectivity index (χ3n) is 3.62. The van der Waals surface area contributed by atoms with Crippen LogP contribution >= 0.6 is 0 Å². The van der Waals surface area contributed by atoms with Crippen molar-refractivity contribution in [2.45, 2.75) is 18.4 Å². The Labute approximate surface area is 107 Å². The van der Waals surface area contributed by atoms with Crippen molar-refractivity contribution >= 4 is 0 Å². The minimum atomic E-state index is 0.272. The number of likely N-dealkylation sites (N-methyl/N-ethyl adjacent to an activating group) is 1. The van der Waals surface area contributed by atoms with Crippen LogP contribution in [0.5, 0.6) is 5.75 Å². The van der Waals surface area contributed by atoms with Gasteiger partial charge in [0.15, 0.2) is 0 Å².